The van der Waals surface area contributed by atoms with E-state index < -0.39 is 18.3 Å². The molecule has 4 aliphatic rings. The molecule has 0 amide bonds. The van der Waals surface area contributed by atoms with Crippen LogP contribution in [0.1, 0.15) is 101 Å². The van der Waals surface area contributed by atoms with Gasteiger partial charge in [0.2, 0.25) is 0 Å². The Morgan fingerprint density at radius 2 is 1.92 bits per heavy atom. The third-order valence-electron chi connectivity index (χ3n) is 10.8. The molecule has 0 saturated heterocycles. The number of allylic oxidation sites excluding steroid dienone is 4. The van der Waals surface area contributed by atoms with Crippen molar-refractivity contribution < 1.29 is 15.3 Å². The Kier molecular flexibility index (Phi) is 8.79. The molecule has 5 rings (SSSR count). The predicted molar refractivity (Wildman–Crippen MR) is 163 cm³/mol. The van der Waals surface area contributed by atoms with E-state index in [2.05, 4.69) is 63.8 Å². The third-order valence-corrected chi connectivity index (χ3v) is 12.2. The maximum Gasteiger partial charge on any atom is 0.0825 e. The second kappa shape index (κ2) is 11.8. The minimum atomic E-state index is -0.633. The lowest BCUT2D eigenvalue weighted by Gasteiger charge is -2.44. The van der Waals surface area contributed by atoms with Crippen LogP contribution in [-0.4, -0.2) is 33.6 Å². The van der Waals surface area contributed by atoms with Crippen LogP contribution in [0.4, 0.5) is 0 Å². The first-order chi connectivity index (χ1) is 18.7. The van der Waals surface area contributed by atoms with Crippen molar-refractivity contribution >= 4 is 11.3 Å². The van der Waals surface area contributed by atoms with Gasteiger partial charge in [-0.1, -0.05) is 63.6 Å². The molecule has 3 nitrogen and oxygen atoms in total. The van der Waals surface area contributed by atoms with Gasteiger partial charge in [-0.25, -0.2) is 0 Å². The fraction of sp³-hybridized carbons (Fsp3) is 0.657. The number of unbranched alkanes of at least 4 members (excludes halogenated alkanes) is 1. The molecule has 0 aliphatic heterocycles. The molecule has 1 heterocycles. The number of fused-ring (bicyclic) bond motifs is 1. The second-order valence-electron chi connectivity index (χ2n) is 13.4. The number of hydrogen-bond donors (Lipinski definition) is 3. The van der Waals surface area contributed by atoms with Crippen molar-refractivity contribution in [3.8, 4) is 0 Å². The highest BCUT2D eigenvalue weighted by molar-refractivity contribution is 7.12. The molecule has 0 unspecified atom stereocenters. The van der Waals surface area contributed by atoms with Crippen LogP contribution in [0.2, 0.25) is 0 Å². The maximum absolute atomic E-state index is 11.3. The Balaban J connectivity index is 1.26. The van der Waals surface area contributed by atoms with E-state index in [0.29, 0.717) is 30.6 Å². The molecule has 4 fully saturated rings. The molecule has 0 aromatic carbocycles. The van der Waals surface area contributed by atoms with Crippen LogP contribution in [0.15, 0.2) is 59.7 Å². The molecule has 0 spiro atoms. The molecular weight excluding hydrogens is 500 g/mol. The van der Waals surface area contributed by atoms with Gasteiger partial charge in [0.05, 0.1) is 18.3 Å². The number of thiophene rings is 1. The van der Waals surface area contributed by atoms with E-state index in [0.717, 1.165) is 36.8 Å². The molecule has 7 atom stereocenters. The molecular formula is C35H50O3S. The van der Waals surface area contributed by atoms with Gasteiger partial charge >= 0.3 is 0 Å². The van der Waals surface area contributed by atoms with Gasteiger partial charge in [0, 0.05) is 21.6 Å². The average molecular weight is 551 g/mol. The van der Waals surface area contributed by atoms with Gasteiger partial charge in [0.1, 0.15) is 0 Å². The van der Waals surface area contributed by atoms with Crippen molar-refractivity contribution in [1.82, 2.24) is 0 Å². The van der Waals surface area contributed by atoms with E-state index in [1.807, 2.05) is 11.3 Å². The SMILES string of the molecule is C=C1C(=CC=C2CCC[C@]3(C)[C@@H]([C@H](C)C=C[C@H](O)C4(c5ccc(CCCC)s5)CC4)CC[C@@H]23)C[C@@H](O)C[C@@H]1O. The molecule has 4 heteroatoms. The van der Waals surface area contributed by atoms with Crippen LogP contribution >= 0.6 is 11.3 Å². The van der Waals surface area contributed by atoms with Gasteiger partial charge in [0.15, 0.2) is 0 Å². The highest BCUT2D eigenvalue weighted by atomic mass is 32.1. The summed E-state index contributed by atoms with van der Waals surface area (Å²) in [5, 5.41) is 31.7. The summed E-state index contributed by atoms with van der Waals surface area (Å²) in [6.45, 7) is 11.2. The zero-order valence-electron chi connectivity index (χ0n) is 24.4. The first-order valence-electron chi connectivity index (χ1n) is 15.6. The number of aliphatic hydroxyl groups is 3. The van der Waals surface area contributed by atoms with Gasteiger partial charge in [-0.15, -0.1) is 11.3 Å². The number of hydrogen-bond acceptors (Lipinski definition) is 4. The summed E-state index contributed by atoms with van der Waals surface area (Å²) in [6, 6.07) is 4.56. The van der Waals surface area contributed by atoms with Crippen molar-refractivity contribution in [3.05, 3.63) is 69.5 Å². The van der Waals surface area contributed by atoms with Crippen LogP contribution in [-0.2, 0) is 11.8 Å². The van der Waals surface area contributed by atoms with E-state index in [9.17, 15) is 15.3 Å². The first kappa shape index (κ1) is 29.0. The van der Waals surface area contributed by atoms with E-state index >= 15 is 0 Å². The summed E-state index contributed by atoms with van der Waals surface area (Å²) in [7, 11) is 0. The van der Waals surface area contributed by atoms with Gasteiger partial charge in [-0.3, -0.25) is 0 Å². The summed E-state index contributed by atoms with van der Waals surface area (Å²) in [5.41, 5.74) is 3.53. The zero-order valence-corrected chi connectivity index (χ0v) is 25.2. The third kappa shape index (κ3) is 5.82. The quantitative estimate of drug-likeness (QED) is 0.275. The van der Waals surface area contributed by atoms with Crippen LogP contribution in [0.5, 0.6) is 0 Å². The van der Waals surface area contributed by atoms with Crippen LogP contribution < -0.4 is 0 Å². The highest BCUT2D eigenvalue weighted by Crippen LogP contribution is 2.60. The Bertz CT molecular complexity index is 1120. The van der Waals surface area contributed by atoms with Crippen LogP contribution in [0.3, 0.4) is 0 Å². The smallest absolute Gasteiger partial charge is 0.0825 e. The molecule has 4 saturated carbocycles. The van der Waals surface area contributed by atoms with Gasteiger partial charge in [0.25, 0.3) is 0 Å². The van der Waals surface area contributed by atoms with Gasteiger partial charge < -0.3 is 15.3 Å². The topological polar surface area (TPSA) is 60.7 Å². The molecule has 1 aromatic rings. The first-order valence-corrected chi connectivity index (χ1v) is 16.4. The minimum absolute atomic E-state index is 0.0496. The average Bonchev–Trinajstić information content (AvgIpc) is 3.44. The van der Waals surface area contributed by atoms with Crippen LogP contribution in [0, 0.1) is 23.2 Å². The fourth-order valence-electron chi connectivity index (χ4n) is 8.16. The second-order valence-corrected chi connectivity index (χ2v) is 14.5. The van der Waals surface area contributed by atoms with Crippen molar-refractivity contribution in [2.24, 2.45) is 23.2 Å². The normalized spacial score (nSPS) is 36.0. The van der Waals surface area contributed by atoms with E-state index in [1.54, 1.807) is 0 Å². The number of aryl methyl sites for hydroxylation is 1. The lowest BCUT2D eigenvalue weighted by molar-refractivity contribution is 0.0862. The highest BCUT2D eigenvalue weighted by Gasteiger charge is 2.52. The molecule has 1 aromatic heterocycles. The summed E-state index contributed by atoms with van der Waals surface area (Å²) >= 11 is 1.92. The number of rotatable bonds is 9. The summed E-state index contributed by atoms with van der Waals surface area (Å²) in [6.07, 6.45) is 20.3. The monoisotopic (exact) mass is 550 g/mol. The lowest BCUT2D eigenvalue weighted by atomic mass is 9.61. The molecule has 39 heavy (non-hydrogen) atoms. The molecule has 0 radical (unpaired) electrons. The lowest BCUT2D eigenvalue weighted by Crippen LogP contribution is -2.35. The van der Waals surface area contributed by atoms with Gasteiger partial charge in [-0.05, 0) is 111 Å². The Morgan fingerprint density at radius 1 is 1.13 bits per heavy atom. The number of aliphatic hydroxyl groups excluding tert-OH is 3. The maximum atomic E-state index is 11.3. The Labute approximate surface area is 240 Å². The standard InChI is InChI=1S/C35H50O3S/c1-5-6-9-28-13-17-33(39-28)35(19-20-35)32(38)16-10-23(2)29-14-15-30-25(8-7-18-34(29,30)4)11-12-26-21-27(36)22-31(37)24(26)3/h10-13,16-17,23,27,29-32,36-38H,3,5-9,14-15,18-22H2,1-2,4H3/t23-,27-,29-,30+,31+,32+,34-/m1/s1. The van der Waals surface area contributed by atoms with Crippen LogP contribution in [0.25, 0.3) is 0 Å². The molecule has 3 N–H and O–H groups in total. The van der Waals surface area contributed by atoms with E-state index in [4.69, 9.17) is 0 Å². The van der Waals surface area contributed by atoms with E-state index in [1.165, 1.54) is 53.9 Å². The van der Waals surface area contributed by atoms with E-state index in [-0.39, 0.29) is 10.8 Å². The van der Waals surface area contributed by atoms with Crippen molar-refractivity contribution in [2.45, 2.75) is 122 Å². The summed E-state index contributed by atoms with van der Waals surface area (Å²) in [4.78, 5) is 2.84. The molecule has 0 bridgehead atoms. The Hall–Kier alpha value is -1.46. The molecule has 4 aliphatic carbocycles. The largest absolute Gasteiger partial charge is 0.393 e. The van der Waals surface area contributed by atoms with Crippen molar-refractivity contribution in [3.63, 3.8) is 0 Å². The molecule has 214 valence electrons. The van der Waals surface area contributed by atoms with Crippen molar-refractivity contribution in [1.29, 1.82) is 0 Å². The summed E-state index contributed by atoms with van der Waals surface area (Å²) in [5.74, 6) is 1.64. The summed E-state index contributed by atoms with van der Waals surface area (Å²) < 4.78 is 0. The van der Waals surface area contributed by atoms with Gasteiger partial charge in [-0.2, -0.15) is 0 Å². The fourth-order valence-corrected chi connectivity index (χ4v) is 9.49. The minimum Gasteiger partial charge on any atom is -0.393 e. The Morgan fingerprint density at radius 3 is 2.67 bits per heavy atom. The van der Waals surface area contributed by atoms with Crippen molar-refractivity contribution in [2.75, 3.05) is 0 Å². The predicted octanol–water partition coefficient (Wildman–Crippen LogP) is 7.82. The zero-order chi connectivity index (χ0) is 27.8.